The molecule has 0 unspecified atom stereocenters. The first-order valence-electron chi connectivity index (χ1n) is 16.8. The lowest BCUT2D eigenvalue weighted by atomic mass is 9.86. The molecule has 1 aromatic heterocycles. The molecule has 1 atom stereocenters. The maximum Gasteiger partial charge on any atom is 0.586 e. The maximum absolute atomic E-state index is 16.2. The van der Waals surface area contributed by atoms with E-state index in [4.69, 9.17) is 15.1 Å². The average molecular weight is 529 g/mol. The van der Waals surface area contributed by atoms with E-state index in [9.17, 15) is 23.8 Å². The van der Waals surface area contributed by atoms with Crippen molar-refractivity contribution in [3.8, 4) is 11.5 Å². The molecule has 1 aliphatic carbocycles. The highest BCUT2D eigenvalue weighted by Crippen LogP contribution is 2.52. The number of fused-ring (bicyclic) bond motifs is 2. The lowest BCUT2D eigenvalue weighted by Gasteiger charge is -2.26. The van der Waals surface area contributed by atoms with E-state index >= 15 is 4.39 Å². The summed E-state index contributed by atoms with van der Waals surface area (Å²) in [5, 5.41) is 19.6. The van der Waals surface area contributed by atoms with Gasteiger partial charge in [-0.25, -0.2) is 4.39 Å². The lowest BCUT2D eigenvalue weighted by molar-refractivity contribution is -0.286. The number of Topliss-reactive ketones (excluding diaryl/α,β-unsaturated/α-hetero) is 1. The summed E-state index contributed by atoms with van der Waals surface area (Å²) in [5.41, 5.74) is -6.27. The number of aliphatic hydroxyl groups excluding tert-OH is 1. The number of aromatic nitrogens is 1. The lowest BCUT2D eigenvalue weighted by Crippen LogP contribution is -2.26. The zero-order valence-electron chi connectivity index (χ0n) is 31.0. The van der Waals surface area contributed by atoms with E-state index < -0.39 is 136 Å². The van der Waals surface area contributed by atoms with Gasteiger partial charge in [0.1, 0.15) is 11.6 Å². The number of aliphatic hydroxyl groups is 2. The molecule has 0 radical (unpaired) electrons. The standard InChI is InChI=1S/C28H30F3NO5/c1-4-26(2,3)24-10-17-9-16(20(29)13-21(17)32(24)14-19(34)15-33)11-25(35)27(7-8-27)18-5-6-22-23(12-18)37-28(30,31)36-22/h5-6,9-10,12-13,19,33-34H,4,7-8,11,14-15H2,1-3H3/t19-/m0/s1/i4D2,5D,6D,9D,10D,12D,13D,14D2,19D. The molecule has 3 aromatic rings. The predicted octanol–water partition coefficient (Wildman–Crippen LogP) is 4.99. The van der Waals surface area contributed by atoms with Crippen molar-refractivity contribution in [2.75, 3.05) is 6.61 Å². The minimum absolute atomic E-state index is 0.0581. The van der Waals surface area contributed by atoms with Crippen molar-refractivity contribution in [2.24, 2.45) is 0 Å². The van der Waals surface area contributed by atoms with Crippen LogP contribution in [0, 0.1) is 5.82 Å². The molecule has 0 spiro atoms. The predicted molar refractivity (Wildman–Crippen MR) is 131 cm³/mol. The smallest absolute Gasteiger partial charge is 0.395 e. The van der Waals surface area contributed by atoms with Gasteiger partial charge in [-0.3, -0.25) is 4.79 Å². The summed E-state index contributed by atoms with van der Waals surface area (Å²) in [6, 6.07) is -5.33. The van der Waals surface area contributed by atoms with E-state index in [2.05, 4.69) is 9.47 Å². The van der Waals surface area contributed by atoms with Crippen molar-refractivity contribution in [3.05, 3.63) is 58.9 Å². The van der Waals surface area contributed by atoms with Crippen LogP contribution in [0.1, 0.15) is 71.9 Å². The Morgan fingerprint density at radius 3 is 2.59 bits per heavy atom. The van der Waals surface area contributed by atoms with Crippen molar-refractivity contribution in [1.82, 2.24) is 4.57 Å². The van der Waals surface area contributed by atoms with Crippen LogP contribution in [-0.4, -0.2) is 39.5 Å². The van der Waals surface area contributed by atoms with E-state index in [0.29, 0.717) is 4.57 Å². The fourth-order valence-corrected chi connectivity index (χ4v) is 4.15. The van der Waals surface area contributed by atoms with Gasteiger partial charge in [-0.2, -0.15) is 0 Å². The highest BCUT2D eigenvalue weighted by molar-refractivity contribution is 5.95. The van der Waals surface area contributed by atoms with Gasteiger partial charge in [-0.1, -0.05) is 26.8 Å². The highest BCUT2D eigenvalue weighted by atomic mass is 19.3. The Morgan fingerprint density at radius 1 is 1.24 bits per heavy atom. The number of hydrogen-bond acceptors (Lipinski definition) is 5. The van der Waals surface area contributed by atoms with Crippen LogP contribution in [0.4, 0.5) is 13.2 Å². The van der Waals surface area contributed by atoms with Gasteiger partial charge in [-0.15, -0.1) is 8.78 Å². The van der Waals surface area contributed by atoms with Gasteiger partial charge in [0.25, 0.3) is 0 Å². The monoisotopic (exact) mass is 528 g/mol. The molecule has 198 valence electrons. The van der Waals surface area contributed by atoms with Gasteiger partial charge in [0.05, 0.1) is 42.5 Å². The summed E-state index contributed by atoms with van der Waals surface area (Å²) in [6.45, 7) is -1.38. The van der Waals surface area contributed by atoms with Gasteiger partial charge in [0.15, 0.2) is 11.5 Å². The molecule has 0 amide bonds. The van der Waals surface area contributed by atoms with Crippen molar-refractivity contribution in [2.45, 2.75) is 76.1 Å². The van der Waals surface area contributed by atoms with E-state index in [1.807, 2.05) is 0 Å². The number of carbonyl (C=O) groups is 1. The van der Waals surface area contributed by atoms with Gasteiger partial charge in [0.2, 0.25) is 0 Å². The van der Waals surface area contributed by atoms with Gasteiger partial charge >= 0.3 is 6.29 Å². The van der Waals surface area contributed by atoms with Crippen LogP contribution < -0.4 is 9.47 Å². The fraction of sp³-hybridized carbons (Fsp3) is 0.464. The Kier molecular flexibility index (Phi) is 3.65. The van der Waals surface area contributed by atoms with E-state index in [-0.39, 0.29) is 12.8 Å². The summed E-state index contributed by atoms with van der Waals surface area (Å²) in [5.74, 6) is -4.20. The number of rotatable bonds is 9. The molecule has 37 heavy (non-hydrogen) atoms. The van der Waals surface area contributed by atoms with Crippen LogP contribution in [0.2, 0.25) is 0 Å². The van der Waals surface area contributed by atoms with Crippen LogP contribution in [0.25, 0.3) is 10.9 Å². The van der Waals surface area contributed by atoms with Crippen molar-refractivity contribution < 1.29 is 52.7 Å². The number of nitrogens with zero attached hydrogens (tertiary/aromatic N) is 1. The first-order chi connectivity index (χ1) is 21.7. The second kappa shape index (κ2) is 8.77. The first kappa shape index (κ1) is 15.4. The summed E-state index contributed by atoms with van der Waals surface area (Å²) < 4.78 is 146. The fourth-order valence-electron chi connectivity index (χ4n) is 4.15. The third-order valence-electron chi connectivity index (χ3n) is 6.59. The molecule has 1 fully saturated rings. The van der Waals surface area contributed by atoms with E-state index in [1.165, 1.54) is 13.8 Å². The minimum Gasteiger partial charge on any atom is -0.395 e. The first-order valence-corrected chi connectivity index (χ1v) is 11.3. The normalized spacial score (nSPS) is 24.2. The molecule has 1 aliphatic heterocycles. The van der Waals surface area contributed by atoms with E-state index in [1.54, 1.807) is 0 Å². The summed E-state index contributed by atoms with van der Waals surface area (Å²) in [7, 11) is 0. The largest absolute Gasteiger partial charge is 0.586 e. The zero-order valence-corrected chi connectivity index (χ0v) is 20.0. The highest BCUT2D eigenvalue weighted by Gasteiger charge is 2.52. The summed E-state index contributed by atoms with van der Waals surface area (Å²) >= 11 is 0. The van der Waals surface area contributed by atoms with Crippen LogP contribution in [0.5, 0.6) is 11.5 Å². The van der Waals surface area contributed by atoms with Crippen molar-refractivity contribution in [1.29, 1.82) is 0 Å². The molecule has 1 saturated carbocycles. The number of halogens is 3. The quantitative estimate of drug-likeness (QED) is 0.409. The maximum atomic E-state index is 16.2. The molecule has 0 bridgehead atoms. The molecule has 2 aromatic carbocycles. The minimum atomic E-state index is -4.24. The molecular weight excluding hydrogens is 487 g/mol. The second-order valence-electron chi connectivity index (χ2n) is 9.42. The van der Waals surface area contributed by atoms with Crippen molar-refractivity contribution in [3.63, 3.8) is 0 Å². The molecule has 2 N–H and O–H groups in total. The van der Waals surface area contributed by atoms with E-state index in [0.717, 1.165) is 6.92 Å². The van der Waals surface area contributed by atoms with Gasteiger partial charge in [0, 0.05) is 25.7 Å². The second-order valence-corrected chi connectivity index (χ2v) is 9.42. The molecule has 2 aliphatic rings. The van der Waals surface area contributed by atoms with Crippen LogP contribution in [0.3, 0.4) is 0 Å². The number of hydrogen-bond donors (Lipinski definition) is 2. The van der Waals surface area contributed by atoms with Gasteiger partial charge < -0.3 is 24.3 Å². The van der Waals surface area contributed by atoms with Crippen LogP contribution in [0.15, 0.2) is 36.3 Å². The number of ether oxygens (including phenoxy) is 2. The summed E-state index contributed by atoms with van der Waals surface area (Å²) in [4.78, 5) is 13.9. The molecule has 0 saturated heterocycles. The summed E-state index contributed by atoms with van der Waals surface area (Å²) in [6.07, 6.45) is -11.0. The zero-order chi connectivity index (χ0) is 36.5. The average Bonchev–Trinajstić information content (AvgIpc) is 3.60. The SMILES string of the molecule is [2H]c1c([2H])c(C2(C(=O)Cc3c(F)c([2H])c4c(c3[2H])c([2H])c(C(C)(C)C([2H])([2H])C)n4C([2H])([2H])[C@]([2H])(O)CO)CC2)c([2H])c2c1OC(F)(F)O2. The third-order valence-corrected chi connectivity index (χ3v) is 6.59. The van der Waals surface area contributed by atoms with Crippen LogP contribution in [-0.2, 0) is 28.5 Å². The number of carbonyl (C=O) groups excluding carboxylic acids is 1. The number of ketones is 1. The Labute approximate surface area is 228 Å². The molecule has 9 heteroatoms. The molecule has 5 rings (SSSR count). The number of benzene rings is 2. The Hall–Kier alpha value is -3.04. The van der Waals surface area contributed by atoms with Crippen LogP contribution >= 0.6 is 0 Å². The molecular formula is C28H30F3NO5. The topological polar surface area (TPSA) is 80.9 Å². The Balaban J connectivity index is 1.73. The van der Waals surface area contributed by atoms with Crippen molar-refractivity contribution >= 4 is 16.7 Å². The third kappa shape index (κ3) is 4.48. The Bertz CT molecular complexity index is 1900. The van der Waals surface area contributed by atoms with Gasteiger partial charge in [-0.05, 0) is 60.6 Å². The number of alkyl halides is 2. The Morgan fingerprint density at radius 2 is 1.95 bits per heavy atom. The molecule has 6 nitrogen and oxygen atoms in total. The molecule has 2 heterocycles.